The van der Waals surface area contributed by atoms with Crippen LogP contribution >= 0.6 is 0 Å². The summed E-state index contributed by atoms with van der Waals surface area (Å²) in [6, 6.07) is 25.5. The molecule has 0 fully saturated rings. The van der Waals surface area contributed by atoms with E-state index >= 15 is 0 Å². The van der Waals surface area contributed by atoms with Crippen LogP contribution in [0, 0.1) is 0 Å². The number of carbonyl (C=O) groups is 1. The number of carbonyl (C=O) groups excluding carboxylic acids is 1. The van der Waals surface area contributed by atoms with Gasteiger partial charge in [0.2, 0.25) is 0 Å². The lowest BCUT2D eigenvalue weighted by atomic mass is 10.2. The summed E-state index contributed by atoms with van der Waals surface area (Å²) in [4.78, 5) is 10.9. The molecule has 0 spiro atoms. The van der Waals surface area contributed by atoms with Crippen LogP contribution in [0.25, 0.3) is 0 Å². The third-order valence-corrected chi connectivity index (χ3v) is 4.13. The molecule has 6 heteroatoms. The van der Waals surface area contributed by atoms with Gasteiger partial charge < -0.3 is 15.2 Å². The van der Waals surface area contributed by atoms with Crippen LogP contribution in [0.4, 0.5) is 5.69 Å². The van der Waals surface area contributed by atoms with Gasteiger partial charge in [-0.2, -0.15) is 5.10 Å². The number of para-hydroxylation sites is 1. The highest BCUT2D eigenvalue weighted by atomic mass is 16.5. The predicted molar refractivity (Wildman–Crippen MR) is 114 cm³/mol. The van der Waals surface area contributed by atoms with Crippen molar-refractivity contribution in [3.05, 3.63) is 90.0 Å². The first-order valence-corrected chi connectivity index (χ1v) is 9.15. The lowest BCUT2D eigenvalue weighted by Crippen LogP contribution is -2.20. The van der Waals surface area contributed by atoms with Crippen molar-refractivity contribution in [1.29, 1.82) is 0 Å². The Hall–Kier alpha value is -3.80. The number of amides is 1. The molecular weight excluding hydrogens is 366 g/mol. The number of methoxy groups -OCH3 is 1. The van der Waals surface area contributed by atoms with Gasteiger partial charge in [0.25, 0.3) is 5.91 Å². The molecule has 0 bridgehead atoms. The largest absolute Gasteiger partial charge is 0.493 e. The summed E-state index contributed by atoms with van der Waals surface area (Å²) in [6.45, 7) is 0.431. The highest BCUT2D eigenvalue weighted by Crippen LogP contribution is 2.27. The van der Waals surface area contributed by atoms with Crippen LogP contribution in [0.1, 0.15) is 11.1 Å². The SMILES string of the molecule is COc1cc(/C=N\N(Cc2ccccc2)c2ccccc2)ccc1OCC(N)=O. The number of primary amides is 1. The zero-order chi connectivity index (χ0) is 20.5. The molecule has 0 aliphatic carbocycles. The fourth-order valence-electron chi connectivity index (χ4n) is 2.72. The number of hydrazone groups is 1. The Balaban J connectivity index is 1.82. The van der Waals surface area contributed by atoms with Crippen molar-refractivity contribution in [2.75, 3.05) is 18.7 Å². The lowest BCUT2D eigenvalue weighted by Gasteiger charge is -2.19. The zero-order valence-electron chi connectivity index (χ0n) is 16.2. The van der Waals surface area contributed by atoms with E-state index in [9.17, 15) is 4.79 Å². The van der Waals surface area contributed by atoms with E-state index in [1.165, 1.54) is 0 Å². The van der Waals surface area contributed by atoms with Crippen molar-refractivity contribution < 1.29 is 14.3 Å². The maximum atomic E-state index is 10.9. The Morgan fingerprint density at radius 3 is 2.34 bits per heavy atom. The van der Waals surface area contributed by atoms with E-state index in [1.807, 2.05) is 59.6 Å². The van der Waals surface area contributed by atoms with E-state index in [1.54, 1.807) is 25.5 Å². The zero-order valence-corrected chi connectivity index (χ0v) is 16.2. The van der Waals surface area contributed by atoms with E-state index in [-0.39, 0.29) is 6.61 Å². The van der Waals surface area contributed by atoms with Gasteiger partial charge in [-0.3, -0.25) is 9.80 Å². The van der Waals surface area contributed by atoms with Crippen molar-refractivity contribution in [3.63, 3.8) is 0 Å². The summed E-state index contributed by atoms with van der Waals surface area (Å²) in [5, 5.41) is 6.61. The average Bonchev–Trinajstić information content (AvgIpc) is 2.76. The Bertz CT molecular complexity index is 960. The molecule has 0 radical (unpaired) electrons. The van der Waals surface area contributed by atoms with Crippen LogP contribution in [-0.2, 0) is 11.3 Å². The van der Waals surface area contributed by atoms with Gasteiger partial charge in [-0.1, -0.05) is 48.5 Å². The van der Waals surface area contributed by atoms with Crippen molar-refractivity contribution in [3.8, 4) is 11.5 Å². The molecule has 148 valence electrons. The van der Waals surface area contributed by atoms with E-state index in [4.69, 9.17) is 15.2 Å². The topological polar surface area (TPSA) is 77.2 Å². The molecule has 6 nitrogen and oxygen atoms in total. The molecule has 0 unspecified atom stereocenters. The molecule has 1 amide bonds. The maximum absolute atomic E-state index is 10.9. The second-order valence-corrected chi connectivity index (χ2v) is 6.29. The average molecular weight is 389 g/mol. The number of ether oxygens (including phenoxy) is 2. The molecule has 0 aliphatic rings. The minimum Gasteiger partial charge on any atom is -0.493 e. The van der Waals surface area contributed by atoms with Gasteiger partial charge in [0.1, 0.15) is 0 Å². The monoisotopic (exact) mass is 389 g/mol. The predicted octanol–water partition coefficient (Wildman–Crippen LogP) is 3.60. The highest BCUT2D eigenvalue weighted by molar-refractivity contribution is 5.82. The molecular formula is C23H23N3O3. The summed E-state index contributed by atoms with van der Waals surface area (Å²) >= 11 is 0. The number of hydrogen-bond acceptors (Lipinski definition) is 5. The van der Waals surface area contributed by atoms with E-state index in [2.05, 4.69) is 17.2 Å². The second-order valence-electron chi connectivity index (χ2n) is 6.29. The van der Waals surface area contributed by atoms with Crippen molar-refractivity contribution in [1.82, 2.24) is 0 Å². The number of anilines is 1. The molecule has 3 aromatic rings. The van der Waals surface area contributed by atoms with Crippen LogP contribution in [0.15, 0.2) is 84.0 Å². The Morgan fingerprint density at radius 2 is 1.69 bits per heavy atom. The van der Waals surface area contributed by atoms with E-state index in [0.717, 1.165) is 16.8 Å². The molecule has 29 heavy (non-hydrogen) atoms. The molecule has 0 saturated carbocycles. The van der Waals surface area contributed by atoms with Crippen LogP contribution < -0.4 is 20.2 Å². The fourth-order valence-corrected chi connectivity index (χ4v) is 2.72. The minimum absolute atomic E-state index is 0.206. The van der Waals surface area contributed by atoms with Crippen LogP contribution in [0.5, 0.6) is 11.5 Å². The first-order chi connectivity index (χ1) is 14.2. The first kappa shape index (κ1) is 19.9. The Morgan fingerprint density at radius 1 is 1.00 bits per heavy atom. The Labute approximate surface area is 170 Å². The molecule has 2 N–H and O–H groups in total. The Kier molecular flexibility index (Phi) is 6.84. The lowest BCUT2D eigenvalue weighted by molar-refractivity contribution is -0.119. The molecule has 0 heterocycles. The molecule has 0 saturated heterocycles. The van der Waals surface area contributed by atoms with Crippen molar-refractivity contribution >= 4 is 17.8 Å². The van der Waals surface area contributed by atoms with E-state index in [0.29, 0.717) is 18.0 Å². The minimum atomic E-state index is -0.544. The fraction of sp³-hybridized carbons (Fsp3) is 0.130. The third-order valence-electron chi connectivity index (χ3n) is 4.13. The summed E-state index contributed by atoms with van der Waals surface area (Å²) in [5.41, 5.74) is 8.11. The summed E-state index contributed by atoms with van der Waals surface area (Å²) in [6.07, 6.45) is 1.76. The normalized spacial score (nSPS) is 10.7. The van der Waals surface area contributed by atoms with Gasteiger partial charge in [0.15, 0.2) is 18.1 Å². The summed E-state index contributed by atoms with van der Waals surface area (Å²) in [5.74, 6) is 0.411. The highest BCUT2D eigenvalue weighted by Gasteiger charge is 2.08. The van der Waals surface area contributed by atoms with Gasteiger partial charge in [-0.05, 0) is 41.5 Å². The molecule has 3 rings (SSSR count). The second kappa shape index (κ2) is 9.94. The molecule has 0 aromatic heterocycles. The molecule has 3 aromatic carbocycles. The smallest absolute Gasteiger partial charge is 0.255 e. The molecule has 0 aliphatic heterocycles. The third kappa shape index (κ3) is 5.84. The van der Waals surface area contributed by atoms with Gasteiger partial charge in [-0.25, -0.2) is 0 Å². The van der Waals surface area contributed by atoms with Crippen LogP contribution in [0.2, 0.25) is 0 Å². The van der Waals surface area contributed by atoms with Gasteiger partial charge >= 0.3 is 0 Å². The van der Waals surface area contributed by atoms with Crippen molar-refractivity contribution in [2.45, 2.75) is 6.54 Å². The number of rotatable bonds is 9. The van der Waals surface area contributed by atoms with E-state index < -0.39 is 5.91 Å². The van der Waals surface area contributed by atoms with Gasteiger partial charge in [0.05, 0.1) is 25.6 Å². The number of benzene rings is 3. The summed E-state index contributed by atoms with van der Waals surface area (Å²) in [7, 11) is 1.54. The van der Waals surface area contributed by atoms with Gasteiger partial charge in [0, 0.05) is 0 Å². The van der Waals surface area contributed by atoms with Crippen LogP contribution in [0.3, 0.4) is 0 Å². The number of nitrogens with two attached hydrogens (primary N) is 1. The standard InChI is InChI=1S/C23H23N3O3/c1-28-22-14-19(12-13-21(22)29-17-23(24)27)15-25-26(20-10-6-3-7-11-20)16-18-8-4-2-5-9-18/h2-15H,16-17H2,1H3,(H2,24,27)/b25-15-. The number of nitrogens with zero attached hydrogens (tertiary/aromatic N) is 2. The van der Waals surface area contributed by atoms with Crippen LogP contribution in [-0.4, -0.2) is 25.8 Å². The summed E-state index contributed by atoms with van der Waals surface area (Å²) < 4.78 is 10.7. The van der Waals surface area contributed by atoms with Gasteiger partial charge in [-0.15, -0.1) is 0 Å². The maximum Gasteiger partial charge on any atom is 0.255 e. The quantitative estimate of drug-likeness (QED) is 0.448. The molecule has 0 atom stereocenters. The first-order valence-electron chi connectivity index (χ1n) is 9.15. The van der Waals surface area contributed by atoms with Crippen molar-refractivity contribution in [2.24, 2.45) is 10.8 Å². The number of hydrogen-bond donors (Lipinski definition) is 1.